The van der Waals surface area contributed by atoms with Gasteiger partial charge in [-0.3, -0.25) is 0 Å². The van der Waals surface area contributed by atoms with Crippen molar-refractivity contribution in [2.24, 2.45) is 0 Å². The number of carboxylic acid groups (broad SMARTS) is 1. The fraction of sp³-hybridized carbons (Fsp3) is 0.333. The molecule has 0 radical (unpaired) electrons. The lowest BCUT2D eigenvalue weighted by Gasteiger charge is -2.14. The molecule has 0 aliphatic carbocycles. The second-order valence-corrected chi connectivity index (χ2v) is 6.15. The number of nitrogens with one attached hydrogen (secondary N) is 2. The van der Waals surface area contributed by atoms with E-state index in [1.807, 2.05) is 6.26 Å². The summed E-state index contributed by atoms with van der Waals surface area (Å²) in [5.74, 6) is -0.399. The van der Waals surface area contributed by atoms with Crippen LogP contribution < -0.4 is 10.6 Å². The molecule has 0 bridgehead atoms. The number of carboxylic acids is 1. The van der Waals surface area contributed by atoms with Crippen LogP contribution in [0.25, 0.3) is 0 Å². The fourth-order valence-corrected chi connectivity index (χ4v) is 2.29. The quantitative estimate of drug-likeness (QED) is 0.705. The first-order valence-corrected chi connectivity index (χ1v) is 8.25. The average molecular weight is 382 g/mol. The van der Waals surface area contributed by atoms with E-state index in [0.717, 1.165) is 0 Å². The van der Waals surface area contributed by atoms with E-state index in [2.05, 4.69) is 26.6 Å². The zero-order valence-electron chi connectivity index (χ0n) is 10.7. The maximum atomic E-state index is 11.7. The standard InChI is InChI=1S/C12H14BrClN2O3S/c1-20-5-4-10(11(17)18)16-12(19)15-7-2-3-8(13)9(14)6-7/h2-3,6,10H,4-5H2,1H3,(H,17,18)(H2,15,16,19)/t10-/m1/s1. The second kappa shape index (κ2) is 8.39. The zero-order chi connectivity index (χ0) is 15.1. The van der Waals surface area contributed by atoms with E-state index in [9.17, 15) is 9.59 Å². The summed E-state index contributed by atoms with van der Waals surface area (Å²) < 4.78 is 0.716. The number of urea groups is 1. The molecule has 0 saturated carbocycles. The van der Waals surface area contributed by atoms with Crippen molar-refractivity contribution in [2.75, 3.05) is 17.3 Å². The Hall–Kier alpha value is -0.920. The summed E-state index contributed by atoms with van der Waals surface area (Å²) in [4.78, 5) is 22.8. The Balaban J connectivity index is 2.60. The second-order valence-electron chi connectivity index (χ2n) is 3.90. The lowest BCUT2D eigenvalue weighted by atomic mass is 10.2. The Labute approximate surface area is 134 Å². The topological polar surface area (TPSA) is 78.4 Å². The van der Waals surface area contributed by atoms with Gasteiger partial charge in [0, 0.05) is 10.2 Å². The minimum atomic E-state index is -1.05. The van der Waals surface area contributed by atoms with E-state index in [0.29, 0.717) is 27.4 Å². The molecule has 110 valence electrons. The lowest BCUT2D eigenvalue weighted by Crippen LogP contribution is -2.43. The number of thioether (sulfide) groups is 1. The summed E-state index contributed by atoms with van der Waals surface area (Å²) in [5.41, 5.74) is 0.490. The van der Waals surface area contributed by atoms with E-state index in [1.165, 1.54) is 11.8 Å². The molecule has 5 nitrogen and oxygen atoms in total. The van der Waals surface area contributed by atoms with Gasteiger partial charge in [0.15, 0.2) is 0 Å². The van der Waals surface area contributed by atoms with Gasteiger partial charge < -0.3 is 15.7 Å². The molecule has 1 rings (SSSR count). The monoisotopic (exact) mass is 380 g/mol. The van der Waals surface area contributed by atoms with Gasteiger partial charge >= 0.3 is 12.0 Å². The van der Waals surface area contributed by atoms with Crippen LogP contribution in [0.4, 0.5) is 10.5 Å². The number of hydrogen-bond donors (Lipinski definition) is 3. The maximum absolute atomic E-state index is 11.7. The Bertz CT molecular complexity index is 502. The third kappa shape index (κ3) is 5.60. The molecule has 0 heterocycles. The minimum Gasteiger partial charge on any atom is -0.480 e. The van der Waals surface area contributed by atoms with Gasteiger partial charge in [-0.25, -0.2) is 9.59 Å². The molecular formula is C12H14BrClN2O3S. The van der Waals surface area contributed by atoms with Gasteiger partial charge in [-0.1, -0.05) is 11.6 Å². The molecule has 0 aromatic heterocycles. The van der Waals surface area contributed by atoms with Gasteiger partial charge in [0.1, 0.15) is 6.04 Å². The maximum Gasteiger partial charge on any atom is 0.326 e. The smallest absolute Gasteiger partial charge is 0.326 e. The zero-order valence-corrected chi connectivity index (χ0v) is 13.8. The van der Waals surface area contributed by atoms with Gasteiger partial charge in [-0.2, -0.15) is 11.8 Å². The Morgan fingerprint density at radius 2 is 2.20 bits per heavy atom. The fourth-order valence-electron chi connectivity index (χ4n) is 1.39. The highest BCUT2D eigenvalue weighted by Gasteiger charge is 2.19. The molecule has 0 spiro atoms. The summed E-state index contributed by atoms with van der Waals surface area (Å²) in [6.07, 6.45) is 2.24. The number of halogens is 2. The van der Waals surface area contributed by atoms with Crippen molar-refractivity contribution < 1.29 is 14.7 Å². The highest BCUT2D eigenvalue weighted by molar-refractivity contribution is 9.10. The van der Waals surface area contributed by atoms with Gasteiger partial charge in [-0.15, -0.1) is 0 Å². The molecular weight excluding hydrogens is 368 g/mol. The van der Waals surface area contributed by atoms with E-state index in [-0.39, 0.29) is 0 Å². The molecule has 20 heavy (non-hydrogen) atoms. The van der Waals surface area contributed by atoms with Crippen LogP contribution in [0.3, 0.4) is 0 Å². The largest absolute Gasteiger partial charge is 0.480 e. The summed E-state index contributed by atoms with van der Waals surface area (Å²) >= 11 is 10.7. The van der Waals surface area contributed by atoms with Crippen molar-refractivity contribution >= 4 is 57.0 Å². The minimum absolute atomic E-state index is 0.366. The number of hydrogen-bond acceptors (Lipinski definition) is 3. The van der Waals surface area contributed by atoms with Crippen LogP contribution >= 0.6 is 39.3 Å². The highest BCUT2D eigenvalue weighted by Crippen LogP contribution is 2.25. The highest BCUT2D eigenvalue weighted by atomic mass is 79.9. The van der Waals surface area contributed by atoms with Crippen LogP contribution in [-0.2, 0) is 4.79 Å². The van der Waals surface area contributed by atoms with E-state index in [1.54, 1.807) is 18.2 Å². The van der Waals surface area contributed by atoms with E-state index in [4.69, 9.17) is 16.7 Å². The van der Waals surface area contributed by atoms with E-state index >= 15 is 0 Å². The molecule has 3 N–H and O–H groups in total. The summed E-state index contributed by atoms with van der Waals surface area (Å²) in [6.45, 7) is 0. The van der Waals surface area contributed by atoms with Crippen LogP contribution in [0.15, 0.2) is 22.7 Å². The number of rotatable bonds is 6. The first-order valence-electron chi connectivity index (χ1n) is 5.68. The SMILES string of the molecule is CSCC[C@@H](NC(=O)Nc1ccc(Br)c(Cl)c1)C(=O)O. The van der Waals surface area contributed by atoms with Crippen molar-refractivity contribution in [3.8, 4) is 0 Å². The molecule has 2 amide bonds. The van der Waals surface area contributed by atoms with Crippen LogP contribution in [0, 0.1) is 0 Å². The predicted molar refractivity (Wildman–Crippen MR) is 85.7 cm³/mol. The lowest BCUT2D eigenvalue weighted by molar-refractivity contribution is -0.139. The molecule has 0 aliphatic rings. The molecule has 0 unspecified atom stereocenters. The van der Waals surface area contributed by atoms with Crippen molar-refractivity contribution in [1.82, 2.24) is 5.32 Å². The first-order chi connectivity index (χ1) is 9.43. The van der Waals surface area contributed by atoms with Crippen LogP contribution in [0.1, 0.15) is 6.42 Å². The third-order valence-electron chi connectivity index (χ3n) is 2.39. The Kier molecular flexibility index (Phi) is 7.18. The predicted octanol–water partition coefficient (Wildman–Crippen LogP) is 3.43. The van der Waals surface area contributed by atoms with Gasteiger partial charge in [-0.05, 0) is 52.6 Å². The van der Waals surface area contributed by atoms with Gasteiger partial charge in [0.25, 0.3) is 0 Å². The normalized spacial score (nSPS) is 11.8. The number of aliphatic carboxylic acids is 1. The van der Waals surface area contributed by atoms with Crippen molar-refractivity contribution in [1.29, 1.82) is 0 Å². The average Bonchev–Trinajstić information content (AvgIpc) is 2.38. The van der Waals surface area contributed by atoms with E-state index < -0.39 is 18.0 Å². The van der Waals surface area contributed by atoms with Crippen molar-refractivity contribution in [3.05, 3.63) is 27.7 Å². The molecule has 0 fully saturated rings. The molecule has 0 aliphatic heterocycles. The van der Waals surface area contributed by atoms with Gasteiger partial charge in [0.05, 0.1) is 5.02 Å². The molecule has 8 heteroatoms. The van der Waals surface area contributed by atoms with Gasteiger partial charge in [0.2, 0.25) is 0 Å². The van der Waals surface area contributed by atoms with Crippen molar-refractivity contribution in [2.45, 2.75) is 12.5 Å². The van der Waals surface area contributed by atoms with Crippen molar-refractivity contribution in [3.63, 3.8) is 0 Å². The van der Waals surface area contributed by atoms with Crippen LogP contribution in [-0.4, -0.2) is 35.2 Å². The Morgan fingerprint density at radius 1 is 1.50 bits per heavy atom. The number of anilines is 1. The molecule has 1 atom stereocenters. The molecule has 1 aromatic carbocycles. The summed E-state index contributed by atoms with van der Waals surface area (Å²) in [7, 11) is 0. The molecule has 0 saturated heterocycles. The first kappa shape index (κ1) is 17.1. The molecule has 1 aromatic rings. The van der Waals surface area contributed by atoms with Crippen LogP contribution in [0.2, 0.25) is 5.02 Å². The Morgan fingerprint density at radius 3 is 2.75 bits per heavy atom. The number of carbonyl (C=O) groups is 2. The van der Waals surface area contributed by atoms with Crippen LogP contribution in [0.5, 0.6) is 0 Å². The third-order valence-corrected chi connectivity index (χ3v) is 4.27. The summed E-state index contributed by atoms with van der Waals surface area (Å²) in [6, 6.07) is 3.45. The number of carbonyl (C=O) groups excluding carboxylic acids is 1. The number of amides is 2. The number of benzene rings is 1. The summed E-state index contributed by atoms with van der Waals surface area (Å²) in [5, 5.41) is 14.4.